The number of piperidine rings is 1. The minimum absolute atomic E-state index is 0.260. The maximum absolute atomic E-state index is 6.39. The van der Waals surface area contributed by atoms with Gasteiger partial charge < -0.3 is 5.73 Å². The van der Waals surface area contributed by atoms with Crippen LogP contribution in [0.4, 0.5) is 0 Å². The summed E-state index contributed by atoms with van der Waals surface area (Å²) < 4.78 is 0. The molecule has 2 nitrogen and oxygen atoms in total. The quantitative estimate of drug-likeness (QED) is 0.916. The molecule has 0 saturated carbocycles. The number of aryl methyl sites for hydroxylation is 4. The number of nitrogens with zero attached hydrogens (tertiary/aromatic N) is 1. The molecule has 1 heterocycles. The van der Waals surface area contributed by atoms with E-state index in [2.05, 4.69) is 69.0 Å². The molecule has 0 bridgehead atoms. The summed E-state index contributed by atoms with van der Waals surface area (Å²) in [7, 11) is 0. The second-order valence-corrected chi connectivity index (χ2v) is 7.66. The van der Waals surface area contributed by atoms with Gasteiger partial charge in [-0.1, -0.05) is 42.0 Å². The molecule has 128 valence electrons. The van der Waals surface area contributed by atoms with Crippen molar-refractivity contribution in [3.8, 4) is 0 Å². The fraction of sp³-hybridized carbons (Fsp3) is 0.455. The van der Waals surface area contributed by atoms with Gasteiger partial charge in [0.15, 0.2) is 0 Å². The predicted octanol–water partition coefficient (Wildman–Crippen LogP) is 4.24. The van der Waals surface area contributed by atoms with Gasteiger partial charge in [0.05, 0.1) is 0 Å². The second-order valence-electron chi connectivity index (χ2n) is 7.66. The van der Waals surface area contributed by atoms with E-state index in [-0.39, 0.29) is 6.04 Å². The summed E-state index contributed by atoms with van der Waals surface area (Å²) in [6.45, 7) is 11.9. The average molecular weight is 322 g/mol. The largest absolute Gasteiger partial charge is 0.327 e. The van der Waals surface area contributed by atoms with E-state index in [1.54, 1.807) is 0 Å². The smallest absolute Gasteiger partial charge is 0.0237 e. The highest BCUT2D eigenvalue weighted by molar-refractivity contribution is 5.33. The zero-order valence-electron chi connectivity index (χ0n) is 15.5. The molecule has 0 aromatic heterocycles. The van der Waals surface area contributed by atoms with E-state index in [0.29, 0.717) is 5.92 Å². The van der Waals surface area contributed by atoms with Crippen LogP contribution in [-0.2, 0) is 6.54 Å². The van der Waals surface area contributed by atoms with Crippen LogP contribution in [0.25, 0.3) is 0 Å². The third-order valence-corrected chi connectivity index (χ3v) is 5.45. The summed E-state index contributed by atoms with van der Waals surface area (Å²) >= 11 is 0. The number of rotatable bonds is 3. The van der Waals surface area contributed by atoms with E-state index in [1.165, 1.54) is 33.4 Å². The van der Waals surface area contributed by atoms with Crippen molar-refractivity contribution >= 4 is 0 Å². The molecule has 2 heteroatoms. The first-order chi connectivity index (χ1) is 11.4. The Bertz CT molecular complexity index is 720. The molecule has 2 atom stereocenters. The molecule has 1 fully saturated rings. The van der Waals surface area contributed by atoms with Crippen LogP contribution in [0, 0.1) is 27.7 Å². The molecule has 0 spiro atoms. The first-order valence-electron chi connectivity index (χ1n) is 9.03. The predicted molar refractivity (Wildman–Crippen MR) is 102 cm³/mol. The third-order valence-electron chi connectivity index (χ3n) is 5.45. The van der Waals surface area contributed by atoms with Gasteiger partial charge in [-0.25, -0.2) is 0 Å². The van der Waals surface area contributed by atoms with Gasteiger partial charge in [0, 0.05) is 25.7 Å². The minimum Gasteiger partial charge on any atom is -0.327 e. The van der Waals surface area contributed by atoms with E-state index in [0.717, 1.165) is 26.1 Å². The lowest BCUT2D eigenvalue weighted by Crippen LogP contribution is -2.45. The maximum atomic E-state index is 6.39. The molecule has 1 aliphatic rings. The van der Waals surface area contributed by atoms with Crippen molar-refractivity contribution in [2.75, 3.05) is 13.1 Å². The van der Waals surface area contributed by atoms with E-state index in [9.17, 15) is 0 Å². The zero-order chi connectivity index (χ0) is 17.3. The molecule has 2 unspecified atom stereocenters. The Kier molecular flexibility index (Phi) is 5.07. The lowest BCUT2D eigenvalue weighted by Gasteiger charge is -2.37. The summed E-state index contributed by atoms with van der Waals surface area (Å²) in [5.41, 5.74) is 14.7. The van der Waals surface area contributed by atoms with Crippen LogP contribution in [0.2, 0.25) is 0 Å². The molecular formula is C22H30N2. The second kappa shape index (κ2) is 7.08. The molecule has 0 radical (unpaired) electrons. The SMILES string of the molecule is Cc1ccc(CN2CC(N)CC(c3ccc(C)c(C)c3)C2)c(C)c1. The summed E-state index contributed by atoms with van der Waals surface area (Å²) in [6, 6.07) is 13.9. The van der Waals surface area contributed by atoms with Crippen molar-refractivity contribution in [2.24, 2.45) is 5.73 Å². The number of nitrogens with two attached hydrogens (primary N) is 1. The lowest BCUT2D eigenvalue weighted by molar-refractivity contribution is 0.181. The Labute approximate surface area is 146 Å². The zero-order valence-corrected chi connectivity index (χ0v) is 15.5. The molecule has 2 aromatic carbocycles. The molecule has 3 rings (SSSR count). The Morgan fingerprint density at radius 1 is 0.917 bits per heavy atom. The average Bonchev–Trinajstić information content (AvgIpc) is 2.52. The van der Waals surface area contributed by atoms with E-state index >= 15 is 0 Å². The molecule has 1 aliphatic heterocycles. The van der Waals surface area contributed by atoms with Crippen molar-refractivity contribution in [3.63, 3.8) is 0 Å². The van der Waals surface area contributed by atoms with Gasteiger partial charge >= 0.3 is 0 Å². The normalized spacial score (nSPS) is 21.9. The van der Waals surface area contributed by atoms with Gasteiger partial charge in [0.1, 0.15) is 0 Å². The number of benzene rings is 2. The van der Waals surface area contributed by atoms with Crippen LogP contribution in [0.3, 0.4) is 0 Å². The van der Waals surface area contributed by atoms with Gasteiger partial charge in [0.25, 0.3) is 0 Å². The number of hydrogen-bond donors (Lipinski definition) is 1. The third kappa shape index (κ3) is 3.88. The van der Waals surface area contributed by atoms with Crippen molar-refractivity contribution in [1.29, 1.82) is 0 Å². The Hall–Kier alpha value is -1.64. The summed E-state index contributed by atoms with van der Waals surface area (Å²) in [6.07, 6.45) is 1.09. The van der Waals surface area contributed by atoms with Crippen LogP contribution in [0.1, 0.15) is 45.7 Å². The molecule has 0 aliphatic carbocycles. The van der Waals surface area contributed by atoms with Gasteiger partial charge in [-0.2, -0.15) is 0 Å². The lowest BCUT2D eigenvalue weighted by atomic mass is 9.86. The van der Waals surface area contributed by atoms with Crippen LogP contribution in [-0.4, -0.2) is 24.0 Å². The van der Waals surface area contributed by atoms with E-state index in [1.807, 2.05) is 0 Å². The summed E-state index contributed by atoms with van der Waals surface area (Å²) in [4.78, 5) is 2.53. The standard InChI is InChI=1S/C22H30N2/c1-15-5-7-20(18(4)9-15)12-24-13-21(11-22(23)14-24)19-8-6-16(2)17(3)10-19/h5-10,21-22H,11-14,23H2,1-4H3. The van der Waals surface area contributed by atoms with Gasteiger partial charge in [-0.15, -0.1) is 0 Å². The van der Waals surface area contributed by atoms with Crippen molar-refractivity contribution in [2.45, 2.75) is 52.6 Å². The Balaban J connectivity index is 1.76. The van der Waals surface area contributed by atoms with Gasteiger partial charge in [-0.3, -0.25) is 4.90 Å². The first kappa shape index (κ1) is 17.2. The van der Waals surface area contributed by atoms with Crippen LogP contribution >= 0.6 is 0 Å². The van der Waals surface area contributed by atoms with Crippen LogP contribution < -0.4 is 5.73 Å². The fourth-order valence-electron chi connectivity index (χ4n) is 3.89. The first-order valence-corrected chi connectivity index (χ1v) is 9.03. The Morgan fingerprint density at radius 2 is 1.71 bits per heavy atom. The Morgan fingerprint density at radius 3 is 2.42 bits per heavy atom. The van der Waals surface area contributed by atoms with Crippen molar-refractivity contribution in [1.82, 2.24) is 4.90 Å². The van der Waals surface area contributed by atoms with Gasteiger partial charge in [0.2, 0.25) is 0 Å². The van der Waals surface area contributed by atoms with Crippen molar-refractivity contribution in [3.05, 3.63) is 69.8 Å². The topological polar surface area (TPSA) is 29.3 Å². The molecular weight excluding hydrogens is 292 g/mol. The molecule has 1 saturated heterocycles. The monoisotopic (exact) mass is 322 g/mol. The van der Waals surface area contributed by atoms with E-state index in [4.69, 9.17) is 5.73 Å². The highest BCUT2D eigenvalue weighted by atomic mass is 15.1. The van der Waals surface area contributed by atoms with E-state index < -0.39 is 0 Å². The minimum atomic E-state index is 0.260. The molecule has 2 N–H and O–H groups in total. The highest BCUT2D eigenvalue weighted by Crippen LogP contribution is 2.29. The summed E-state index contributed by atoms with van der Waals surface area (Å²) in [5.74, 6) is 0.541. The maximum Gasteiger partial charge on any atom is 0.0237 e. The number of hydrogen-bond acceptors (Lipinski definition) is 2. The van der Waals surface area contributed by atoms with Crippen LogP contribution in [0.15, 0.2) is 36.4 Å². The fourth-order valence-corrected chi connectivity index (χ4v) is 3.89. The number of likely N-dealkylation sites (tertiary alicyclic amines) is 1. The summed E-state index contributed by atoms with van der Waals surface area (Å²) in [5, 5.41) is 0. The van der Waals surface area contributed by atoms with Crippen molar-refractivity contribution < 1.29 is 0 Å². The van der Waals surface area contributed by atoms with Crippen LogP contribution in [0.5, 0.6) is 0 Å². The molecule has 0 amide bonds. The molecule has 2 aromatic rings. The highest BCUT2D eigenvalue weighted by Gasteiger charge is 2.26. The molecule has 24 heavy (non-hydrogen) atoms. The van der Waals surface area contributed by atoms with Gasteiger partial charge in [-0.05, 0) is 67.9 Å².